The van der Waals surface area contributed by atoms with Gasteiger partial charge in [-0.3, -0.25) is 0 Å². The fourth-order valence-corrected chi connectivity index (χ4v) is 1.61. The number of imidazole rings is 1. The lowest BCUT2D eigenvalue weighted by molar-refractivity contribution is 0.688. The monoisotopic (exact) mass is 195 g/mol. The number of nitrogens with two attached hydrogens (primary N) is 1. The molecule has 2 aromatic rings. The average Bonchev–Trinajstić information content (AvgIpc) is 2.71. The van der Waals surface area contributed by atoms with Crippen LogP contribution >= 0.6 is 11.3 Å². The number of nitrogens with zero attached hydrogens (tertiary/aromatic N) is 4. The Morgan fingerprint density at radius 3 is 3.00 bits per heavy atom. The van der Waals surface area contributed by atoms with Crippen molar-refractivity contribution in [3.63, 3.8) is 0 Å². The molecule has 0 aliphatic heterocycles. The van der Waals surface area contributed by atoms with Crippen molar-refractivity contribution >= 4 is 16.5 Å². The second-order valence-electron chi connectivity index (χ2n) is 2.58. The molecular formula is C7H9N5S. The molecule has 0 atom stereocenters. The molecule has 0 saturated carbocycles. The van der Waals surface area contributed by atoms with Gasteiger partial charge in [-0.25, -0.2) is 4.98 Å². The van der Waals surface area contributed by atoms with Crippen LogP contribution in [0.25, 0.3) is 0 Å². The number of hydrogen-bond donors (Lipinski definition) is 1. The number of anilines is 1. The number of aryl methyl sites for hydroxylation is 2. The van der Waals surface area contributed by atoms with Gasteiger partial charge < -0.3 is 10.3 Å². The van der Waals surface area contributed by atoms with Crippen LogP contribution in [0.2, 0.25) is 0 Å². The van der Waals surface area contributed by atoms with Crippen LogP contribution in [0.5, 0.6) is 0 Å². The van der Waals surface area contributed by atoms with Gasteiger partial charge in [-0.1, -0.05) is 11.3 Å². The van der Waals surface area contributed by atoms with Crippen molar-refractivity contribution in [3.8, 4) is 0 Å². The van der Waals surface area contributed by atoms with Crippen LogP contribution in [0.4, 0.5) is 5.13 Å². The summed E-state index contributed by atoms with van der Waals surface area (Å²) in [6.07, 6.45) is 6.31. The Balaban J connectivity index is 1.93. The Morgan fingerprint density at radius 2 is 2.38 bits per heavy atom. The van der Waals surface area contributed by atoms with E-state index < -0.39 is 0 Å². The summed E-state index contributed by atoms with van der Waals surface area (Å²) in [6.45, 7) is 0.870. The molecule has 0 unspecified atom stereocenters. The minimum absolute atomic E-state index is 0.528. The van der Waals surface area contributed by atoms with E-state index in [4.69, 9.17) is 5.73 Å². The van der Waals surface area contributed by atoms with Crippen molar-refractivity contribution < 1.29 is 0 Å². The van der Waals surface area contributed by atoms with Gasteiger partial charge in [-0.15, -0.1) is 10.2 Å². The van der Waals surface area contributed by atoms with E-state index in [0.717, 1.165) is 18.0 Å². The minimum atomic E-state index is 0.528. The smallest absolute Gasteiger partial charge is 0.203 e. The molecule has 6 heteroatoms. The van der Waals surface area contributed by atoms with E-state index in [0.29, 0.717) is 5.13 Å². The Bertz CT molecular complexity index is 366. The molecule has 0 aliphatic carbocycles. The molecule has 0 radical (unpaired) electrons. The van der Waals surface area contributed by atoms with E-state index in [1.165, 1.54) is 11.3 Å². The van der Waals surface area contributed by atoms with E-state index in [9.17, 15) is 0 Å². The highest BCUT2D eigenvalue weighted by Gasteiger charge is 2.00. The zero-order valence-corrected chi connectivity index (χ0v) is 7.74. The van der Waals surface area contributed by atoms with Crippen LogP contribution in [0.1, 0.15) is 5.01 Å². The maximum atomic E-state index is 5.45. The fourth-order valence-electron chi connectivity index (χ4n) is 1.01. The summed E-state index contributed by atoms with van der Waals surface area (Å²) >= 11 is 1.43. The second kappa shape index (κ2) is 3.53. The lowest BCUT2D eigenvalue weighted by atomic mass is 10.4. The molecule has 0 aliphatic rings. The average molecular weight is 195 g/mol. The molecule has 0 bridgehead atoms. The van der Waals surface area contributed by atoms with Gasteiger partial charge >= 0.3 is 0 Å². The third-order valence-corrected chi connectivity index (χ3v) is 2.44. The summed E-state index contributed by atoms with van der Waals surface area (Å²) in [5.41, 5.74) is 5.45. The first kappa shape index (κ1) is 8.18. The summed E-state index contributed by atoms with van der Waals surface area (Å²) in [5.74, 6) is 0. The third-order valence-electron chi connectivity index (χ3n) is 1.63. The van der Waals surface area contributed by atoms with Gasteiger partial charge in [0.15, 0.2) is 0 Å². The quantitative estimate of drug-likeness (QED) is 0.776. The van der Waals surface area contributed by atoms with Gasteiger partial charge in [0.1, 0.15) is 5.01 Å². The van der Waals surface area contributed by atoms with Crippen molar-refractivity contribution in [2.45, 2.75) is 13.0 Å². The van der Waals surface area contributed by atoms with E-state index >= 15 is 0 Å². The maximum absolute atomic E-state index is 5.45. The van der Waals surface area contributed by atoms with E-state index in [1.807, 2.05) is 10.8 Å². The zero-order valence-electron chi connectivity index (χ0n) is 6.92. The van der Waals surface area contributed by atoms with Gasteiger partial charge in [-0.05, 0) is 0 Å². The van der Waals surface area contributed by atoms with Crippen LogP contribution in [-0.4, -0.2) is 19.7 Å². The van der Waals surface area contributed by atoms with Crippen LogP contribution in [0, 0.1) is 0 Å². The molecular weight excluding hydrogens is 186 g/mol. The molecule has 2 N–H and O–H groups in total. The molecule has 13 heavy (non-hydrogen) atoms. The molecule has 0 saturated heterocycles. The Hall–Kier alpha value is -1.43. The molecule has 68 valence electrons. The second-order valence-corrected chi connectivity index (χ2v) is 3.68. The summed E-state index contributed by atoms with van der Waals surface area (Å²) in [7, 11) is 0. The zero-order chi connectivity index (χ0) is 9.10. The number of aromatic nitrogens is 4. The predicted octanol–water partition coefficient (Wildman–Crippen LogP) is 0.559. The van der Waals surface area contributed by atoms with Gasteiger partial charge in [-0.2, -0.15) is 0 Å². The molecule has 0 amide bonds. The lowest BCUT2D eigenvalue weighted by Crippen LogP contribution is -1.97. The summed E-state index contributed by atoms with van der Waals surface area (Å²) in [4.78, 5) is 3.95. The topological polar surface area (TPSA) is 69.6 Å². The van der Waals surface area contributed by atoms with Crippen LogP contribution < -0.4 is 5.73 Å². The Kier molecular flexibility index (Phi) is 2.22. The minimum Gasteiger partial charge on any atom is -0.374 e. The molecule has 2 heterocycles. The first-order valence-electron chi connectivity index (χ1n) is 3.88. The first-order valence-corrected chi connectivity index (χ1v) is 4.70. The van der Waals surface area contributed by atoms with Crippen molar-refractivity contribution in [2.75, 3.05) is 5.73 Å². The van der Waals surface area contributed by atoms with Crippen molar-refractivity contribution in [1.82, 2.24) is 19.7 Å². The Morgan fingerprint density at radius 1 is 1.46 bits per heavy atom. The SMILES string of the molecule is Nc1nnc(CCn2ccnc2)s1. The highest BCUT2D eigenvalue weighted by Crippen LogP contribution is 2.11. The van der Waals surface area contributed by atoms with Gasteiger partial charge in [0, 0.05) is 25.4 Å². The largest absolute Gasteiger partial charge is 0.374 e. The fraction of sp³-hybridized carbons (Fsp3) is 0.286. The predicted molar refractivity (Wildman–Crippen MR) is 50.3 cm³/mol. The van der Waals surface area contributed by atoms with Crippen LogP contribution in [0.3, 0.4) is 0 Å². The number of hydrogen-bond acceptors (Lipinski definition) is 5. The number of rotatable bonds is 3. The van der Waals surface area contributed by atoms with E-state index in [-0.39, 0.29) is 0 Å². The van der Waals surface area contributed by atoms with E-state index in [1.54, 1.807) is 12.5 Å². The third kappa shape index (κ3) is 2.03. The van der Waals surface area contributed by atoms with Gasteiger partial charge in [0.05, 0.1) is 6.33 Å². The molecule has 0 fully saturated rings. The number of nitrogen functional groups attached to an aromatic ring is 1. The highest BCUT2D eigenvalue weighted by atomic mass is 32.1. The standard InChI is InChI=1S/C7H9N5S/c8-7-11-10-6(13-7)1-3-12-4-2-9-5-12/h2,4-5H,1,3H2,(H2,8,11). The lowest BCUT2D eigenvalue weighted by Gasteiger charge is -1.96. The summed E-state index contributed by atoms with van der Waals surface area (Å²) < 4.78 is 2.00. The van der Waals surface area contributed by atoms with Crippen molar-refractivity contribution in [3.05, 3.63) is 23.7 Å². The molecule has 0 spiro atoms. The molecule has 0 aromatic carbocycles. The van der Waals surface area contributed by atoms with Gasteiger partial charge in [0.25, 0.3) is 0 Å². The first-order chi connectivity index (χ1) is 6.34. The summed E-state index contributed by atoms with van der Waals surface area (Å²) in [6, 6.07) is 0. The summed E-state index contributed by atoms with van der Waals surface area (Å²) in [5, 5.41) is 9.16. The van der Waals surface area contributed by atoms with Crippen molar-refractivity contribution in [1.29, 1.82) is 0 Å². The normalized spacial score (nSPS) is 10.5. The maximum Gasteiger partial charge on any atom is 0.203 e. The van der Waals surface area contributed by atoms with Gasteiger partial charge in [0.2, 0.25) is 5.13 Å². The van der Waals surface area contributed by atoms with E-state index in [2.05, 4.69) is 15.2 Å². The Labute approximate surface area is 79.2 Å². The van der Waals surface area contributed by atoms with Crippen LogP contribution in [0.15, 0.2) is 18.7 Å². The molecule has 2 aromatic heterocycles. The van der Waals surface area contributed by atoms with Crippen LogP contribution in [-0.2, 0) is 13.0 Å². The molecule has 5 nitrogen and oxygen atoms in total. The molecule has 2 rings (SSSR count). The highest BCUT2D eigenvalue weighted by molar-refractivity contribution is 7.15. The van der Waals surface area contributed by atoms with Crippen molar-refractivity contribution in [2.24, 2.45) is 0 Å².